The summed E-state index contributed by atoms with van der Waals surface area (Å²) >= 11 is 1.62. The first-order valence-corrected chi connectivity index (χ1v) is 11.8. The number of carbonyl (C=O) groups is 1. The minimum Gasteiger partial charge on any atom is -0.350 e. The van der Waals surface area contributed by atoms with Crippen LogP contribution in [0.3, 0.4) is 0 Å². The average molecular weight is 418 g/mol. The van der Waals surface area contributed by atoms with Gasteiger partial charge in [0.25, 0.3) is 10.0 Å². The smallest absolute Gasteiger partial charge is 0.263 e. The molecule has 0 spiro atoms. The standard InChI is InChI=1S/C20H23N3O3S2/c1-14-7-9-15(10-8-14)13-21-20(24)17(11-12-27-2)22-19-16-5-3-4-6-18(16)28(25,26)23-19/h3-10,17H,11-13H2,1-2H3,(H,21,24)(H,22,23). The normalized spacial score (nSPS) is 17.0. The van der Waals surface area contributed by atoms with Crippen molar-refractivity contribution in [2.24, 2.45) is 4.99 Å². The molecule has 1 aliphatic heterocycles. The van der Waals surface area contributed by atoms with E-state index in [-0.39, 0.29) is 16.6 Å². The number of hydrogen-bond donors (Lipinski definition) is 2. The number of fused-ring (bicyclic) bond motifs is 1. The van der Waals surface area contributed by atoms with Crippen LogP contribution in [0.4, 0.5) is 0 Å². The van der Waals surface area contributed by atoms with Gasteiger partial charge >= 0.3 is 0 Å². The summed E-state index contributed by atoms with van der Waals surface area (Å²) in [6.45, 7) is 2.42. The second-order valence-corrected chi connectivity index (χ2v) is 9.22. The Bertz CT molecular complexity index is 986. The SMILES string of the molecule is CSCCC(N=C1NS(=O)(=O)c2ccccc21)C(=O)NCc1ccc(C)cc1. The third kappa shape index (κ3) is 4.74. The van der Waals surface area contributed by atoms with Gasteiger partial charge in [-0.05, 0) is 43.0 Å². The molecule has 1 unspecified atom stereocenters. The van der Waals surface area contributed by atoms with Crippen molar-refractivity contribution in [2.75, 3.05) is 12.0 Å². The molecule has 0 aromatic heterocycles. The Labute approximate surface area is 169 Å². The van der Waals surface area contributed by atoms with Crippen LogP contribution in [0.25, 0.3) is 0 Å². The zero-order valence-electron chi connectivity index (χ0n) is 15.8. The largest absolute Gasteiger partial charge is 0.350 e. The molecule has 148 valence electrons. The Balaban J connectivity index is 1.79. The topological polar surface area (TPSA) is 87.6 Å². The van der Waals surface area contributed by atoms with E-state index in [1.54, 1.807) is 30.0 Å². The van der Waals surface area contributed by atoms with Gasteiger partial charge in [-0.2, -0.15) is 11.8 Å². The summed E-state index contributed by atoms with van der Waals surface area (Å²) in [5.41, 5.74) is 2.66. The van der Waals surface area contributed by atoms with Gasteiger partial charge in [0.1, 0.15) is 11.9 Å². The first-order chi connectivity index (χ1) is 13.4. The molecule has 0 saturated carbocycles. The predicted molar refractivity (Wildman–Crippen MR) is 113 cm³/mol. The Morgan fingerprint density at radius 3 is 2.61 bits per heavy atom. The van der Waals surface area contributed by atoms with Gasteiger partial charge in [0.05, 0.1) is 4.90 Å². The number of hydrogen-bond acceptors (Lipinski definition) is 5. The molecule has 3 rings (SSSR count). The van der Waals surface area contributed by atoms with Crippen LogP contribution in [0.15, 0.2) is 58.4 Å². The minimum absolute atomic E-state index is 0.192. The number of rotatable bonds is 7. The molecular formula is C20H23N3O3S2. The van der Waals surface area contributed by atoms with Crippen LogP contribution in [-0.4, -0.2) is 38.2 Å². The number of thioether (sulfide) groups is 1. The van der Waals surface area contributed by atoms with Crippen molar-refractivity contribution < 1.29 is 13.2 Å². The molecule has 1 amide bonds. The highest BCUT2D eigenvalue weighted by atomic mass is 32.2. The molecule has 1 aliphatic rings. The summed E-state index contributed by atoms with van der Waals surface area (Å²) in [5.74, 6) is 0.756. The zero-order valence-corrected chi connectivity index (χ0v) is 17.4. The number of nitrogens with one attached hydrogen (secondary N) is 2. The molecule has 0 fully saturated rings. The number of aryl methyl sites for hydroxylation is 1. The number of amides is 1. The number of amidine groups is 1. The van der Waals surface area contributed by atoms with E-state index in [2.05, 4.69) is 15.0 Å². The van der Waals surface area contributed by atoms with Crippen molar-refractivity contribution >= 4 is 33.5 Å². The third-order valence-corrected chi connectivity index (χ3v) is 6.47. The summed E-state index contributed by atoms with van der Waals surface area (Å²) in [4.78, 5) is 17.4. The monoisotopic (exact) mass is 417 g/mol. The molecule has 2 N–H and O–H groups in total. The van der Waals surface area contributed by atoms with E-state index in [4.69, 9.17) is 0 Å². The van der Waals surface area contributed by atoms with E-state index in [1.807, 2.05) is 37.4 Å². The maximum Gasteiger partial charge on any atom is 0.263 e. The molecule has 28 heavy (non-hydrogen) atoms. The fourth-order valence-electron chi connectivity index (χ4n) is 2.88. The second-order valence-electron chi connectivity index (χ2n) is 6.58. The van der Waals surface area contributed by atoms with Crippen molar-refractivity contribution in [1.29, 1.82) is 0 Å². The lowest BCUT2D eigenvalue weighted by Gasteiger charge is -2.14. The van der Waals surface area contributed by atoms with Crippen molar-refractivity contribution in [3.05, 3.63) is 65.2 Å². The van der Waals surface area contributed by atoms with Crippen molar-refractivity contribution in [3.63, 3.8) is 0 Å². The molecular weight excluding hydrogens is 394 g/mol. The van der Waals surface area contributed by atoms with Crippen LogP contribution in [0.5, 0.6) is 0 Å². The molecule has 6 nitrogen and oxygen atoms in total. The molecule has 0 bridgehead atoms. The van der Waals surface area contributed by atoms with E-state index < -0.39 is 16.1 Å². The van der Waals surface area contributed by atoms with Crippen molar-refractivity contribution in [1.82, 2.24) is 10.0 Å². The van der Waals surface area contributed by atoms with E-state index in [1.165, 1.54) is 6.07 Å². The first kappa shape index (κ1) is 20.4. The van der Waals surface area contributed by atoms with Crippen LogP contribution in [-0.2, 0) is 21.4 Å². The van der Waals surface area contributed by atoms with Gasteiger partial charge in [-0.3, -0.25) is 14.5 Å². The highest BCUT2D eigenvalue weighted by molar-refractivity contribution is 7.98. The molecule has 1 heterocycles. The van der Waals surface area contributed by atoms with Crippen LogP contribution in [0.1, 0.15) is 23.1 Å². The van der Waals surface area contributed by atoms with Crippen LogP contribution >= 0.6 is 11.8 Å². The van der Waals surface area contributed by atoms with Gasteiger partial charge in [0.2, 0.25) is 5.91 Å². The second kappa shape index (κ2) is 8.79. The van der Waals surface area contributed by atoms with E-state index in [9.17, 15) is 13.2 Å². The summed E-state index contributed by atoms with van der Waals surface area (Å²) in [5, 5.41) is 2.91. The Morgan fingerprint density at radius 1 is 1.18 bits per heavy atom. The van der Waals surface area contributed by atoms with Crippen LogP contribution in [0, 0.1) is 6.92 Å². The highest BCUT2D eigenvalue weighted by Gasteiger charge is 2.31. The van der Waals surface area contributed by atoms with E-state index >= 15 is 0 Å². The number of aliphatic imine (C=N–C) groups is 1. The van der Waals surface area contributed by atoms with E-state index in [0.29, 0.717) is 18.5 Å². The number of benzene rings is 2. The first-order valence-electron chi connectivity index (χ1n) is 8.93. The molecule has 0 radical (unpaired) electrons. The molecule has 2 aromatic carbocycles. The minimum atomic E-state index is -3.62. The van der Waals surface area contributed by atoms with Gasteiger partial charge < -0.3 is 5.32 Å². The lowest BCUT2D eigenvalue weighted by molar-refractivity contribution is -0.122. The average Bonchev–Trinajstić information content (AvgIpc) is 2.95. The van der Waals surface area contributed by atoms with Crippen molar-refractivity contribution in [3.8, 4) is 0 Å². The van der Waals surface area contributed by atoms with Crippen LogP contribution in [0.2, 0.25) is 0 Å². The maximum absolute atomic E-state index is 12.7. The molecule has 1 atom stereocenters. The summed E-state index contributed by atoms with van der Waals surface area (Å²) in [6, 6.07) is 13.9. The molecule has 0 saturated heterocycles. The zero-order chi connectivity index (χ0) is 20.1. The maximum atomic E-state index is 12.7. The van der Waals surface area contributed by atoms with Gasteiger partial charge in [-0.1, -0.05) is 42.0 Å². The Hall–Kier alpha value is -2.32. The van der Waals surface area contributed by atoms with Crippen LogP contribution < -0.4 is 10.0 Å². The quantitative estimate of drug-likeness (QED) is 0.724. The van der Waals surface area contributed by atoms with Gasteiger partial charge in [-0.25, -0.2) is 8.42 Å². The predicted octanol–water partition coefficient (Wildman–Crippen LogP) is 2.47. The lowest BCUT2D eigenvalue weighted by Crippen LogP contribution is -2.35. The number of nitrogens with zero attached hydrogens (tertiary/aromatic N) is 1. The number of carbonyl (C=O) groups excluding carboxylic acids is 1. The summed E-state index contributed by atoms with van der Waals surface area (Å²) < 4.78 is 27.0. The molecule has 0 aliphatic carbocycles. The fraction of sp³-hybridized carbons (Fsp3) is 0.300. The molecule has 8 heteroatoms. The van der Waals surface area contributed by atoms with Gasteiger partial charge in [-0.15, -0.1) is 0 Å². The third-order valence-electron chi connectivity index (χ3n) is 4.43. The van der Waals surface area contributed by atoms with Crippen molar-refractivity contribution in [2.45, 2.75) is 30.8 Å². The fourth-order valence-corrected chi connectivity index (χ4v) is 4.58. The summed E-state index contributed by atoms with van der Waals surface area (Å²) in [6.07, 6.45) is 2.48. The number of sulfonamides is 1. The Morgan fingerprint density at radius 2 is 1.89 bits per heavy atom. The molecule has 2 aromatic rings. The van der Waals surface area contributed by atoms with Gasteiger partial charge in [0, 0.05) is 12.1 Å². The van der Waals surface area contributed by atoms with Gasteiger partial charge in [0.15, 0.2) is 0 Å². The Kier molecular flexibility index (Phi) is 6.41. The lowest BCUT2D eigenvalue weighted by atomic mass is 10.1. The van der Waals surface area contributed by atoms with E-state index in [0.717, 1.165) is 16.9 Å². The highest BCUT2D eigenvalue weighted by Crippen LogP contribution is 2.23. The summed E-state index contributed by atoms with van der Waals surface area (Å²) in [7, 11) is -3.62.